The molecule has 3 aromatic rings. The van der Waals surface area contributed by atoms with E-state index in [2.05, 4.69) is 52.1 Å². The van der Waals surface area contributed by atoms with E-state index in [1.807, 2.05) is 13.0 Å². The van der Waals surface area contributed by atoms with Gasteiger partial charge >= 0.3 is 12.3 Å². The Kier molecular flexibility index (Phi) is 8.08. The van der Waals surface area contributed by atoms with Gasteiger partial charge in [-0.15, -0.1) is 0 Å². The quantitative estimate of drug-likeness (QED) is 0.288. The topological polar surface area (TPSA) is 80.2 Å². The zero-order valence-corrected chi connectivity index (χ0v) is 23.4. The number of carbonyl (C=O) groups excluding carboxylic acids is 1. The van der Waals surface area contributed by atoms with Gasteiger partial charge in [0.05, 0.1) is 39.8 Å². The molecular weight excluding hydrogens is 619 g/mol. The molecule has 7 nitrogen and oxygen atoms in total. The fraction of sp³-hybridized carbons (Fsp3) is 0.360. The fourth-order valence-corrected chi connectivity index (χ4v) is 5.07. The summed E-state index contributed by atoms with van der Waals surface area (Å²) in [6.07, 6.45) is -4.22. The van der Waals surface area contributed by atoms with Gasteiger partial charge in [0.2, 0.25) is 5.95 Å². The second kappa shape index (κ2) is 10.9. The van der Waals surface area contributed by atoms with Crippen LogP contribution in [0.2, 0.25) is 0 Å². The standard InChI is InChI=1S/C25H24Br2F3N5O2/c1-4-15-12-18(16-11-14(25(28,29)30)9-10-19(16)35(15)24(36)37-5-2)33-23-31-13(3)21(27)22(34-23)17-7-6-8-20(26)32-17/h6-11,15,18H,4-5,12H2,1-3H3,(H,31,33,34)/t15-,18+/m1/s1. The third-order valence-corrected chi connectivity index (χ3v) is 7.47. The molecule has 2 atom stereocenters. The molecule has 1 N–H and O–H groups in total. The summed E-state index contributed by atoms with van der Waals surface area (Å²) in [7, 11) is 0. The van der Waals surface area contributed by atoms with E-state index < -0.39 is 23.9 Å². The maximum atomic E-state index is 13.6. The van der Waals surface area contributed by atoms with Crippen molar-refractivity contribution in [2.24, 2.45) is 0 Å². The fourth-order valence-electron chi connectivity index (χ4n) is 4.35. The van der Waals surface area contributed by atoms with Gasteiger partial charge in [-0.3, -0.25) is 4.90 Å². The van der Waals surface area contributed by atoms with Crippen molar-refractivity contribution in [2.75, 3.05) is 16.8 Å². The van der Waals surface area contributed by atoms with Gasteiger partial charge in [-0.25, -0.2) is 19.7 Å². The number of halogens is 5. The summed E-state index contributed by atoms with van der Waals surface area (Å²) in [5.74, 6) is 0.241. The monoisotopic (exact) mass is 641 g/mol. The van der Waals surface area contributed by atoms with Crippen LogP contribution in [0.4, 0.5) is 29.6 Å². The summed E-state index contributed by atoms with van der Waals surface area (Å²) in [5, 5.41) is 3.24. The summed E-state index contributed by atoms with van der Waals surface area (Å²) in [4.78, 5) is 27.9. The largest absolute Gasteiger partial charge is 0.449 e. The molecule has 0 spiro atoms. The lowest BCUT2D eigenvalue weighted by Crippen LogP contribution is -2.46. The van der Waals surface area contributed by atoms with Gasteiger partial charge in [0.15, 0.2) is 0 Å². The number of ether oxygens (including phenoxy) is 1. The molecule has 1 aliphatic rings. The summed E-state index contributed by atoms with van der Waals surface area (Å²) in [6.45, 7) is 5.56. The van der Waals surface area contributed by atoms with Crippen molar-refractivity contribution in [2.45, 2.75) is 51.9 Å². The predicted octanol–water partition coefficient (Wildman–Crippen LogP) is 7.69. The van der Waals surface area contributed by atoms with Crippen molar-refractivity contribution in [1.82, 2.24) is 15.0 Å². The molecule has 1 amide bonds. The number of fused-ring (bicyclic) bond motifs is 1. The zero-order valence-electron chi connectivity index (χ0n) is 20.2. The molecule has 0 unspecified atom stereocenters. The second-order valence-electron chi connectivity index (χ2n) is 8.48. The number of anilines is 2. The Morgan fingerprint density at radius 3 is 2.57 bits per heavy atom. The molecule has 0 aliphatic carbocycles. The Balaban J connectivity index is 1.80. The summed E-state index contributed by atoms with van der Waals surface area (Å²) in [5.41, 5.74) is 1.65. The normalized spacial score (nSPS) is 17.4. The molecule has 37 heavy (non-hydrogen) atoms. The van der Waals surface area contributed by atoms with E-state index in [4.69, 9.17) is 4.74 Å². The summed E-state index contributed by atoms with van der Waals surface area (Å²) in [6, 6.07) is 7.93. The van der Waals surface area contributed by atoms with E-state index in [-0.39, 0.29) is 18.6 Å². The number of carbonyl (C=O) groups is 1. The van der Waals surface area contributed by atoms with Crippen molar-refractivity contribution in [3.63, 3.8) is 0 Å². The molecule has 0 radical (unpaired) electrons. The molecule has 0 saturated carbocycles. The molecular formula is C25H24Br2F3N5O2. The highest BCUT2D eigenvalue weighted by Gasteiger charge is 2.39. The van der Waals surface area contributed by atoms with Crippen LogP contribution in [-0.2, 0) is 10.9 Å². The van der Waals surface area contributed by atoms with Crippen LogP contribution in [-0.4, -0.2) is 33.7 Å². The molecule has 1 aliphatic heterocycles. The summed E-state index contributed by atoms with van der Waals surface area (Å²) >= 11 is 6.89. The molecule has 4 rings (SSSR count). The average Bonchev–Trinajstić information content (AvgIpc) is 2.85. The van der Waals surface area contributed by atoms with Gasteiger partial charge in [-0.2, -0.15) is 13.2 Å². The van der Waals surface area contributed by atoms with Crippen LogP contribution in [0.15, 0.2) is 45.5 Å². The van der Waals surface area contributed by atoms with Gasteiger partial charge in [-0.1, -0.05) is 13.0 Å². The Morgan fingerprint density at radius 2 is 1.92 bits per heavy atom. The molecule has 0 fully saturated rings. The molecule has 2 aromatic heterocycles. The van der Waals surface area contributed by atoms with Crippen molar-refractivity contribution >= 4 is 49.6 Å². The number of aromatic nitrogens is 3. The number of hydrogen-bond acceptors (Lipinski definition) is 6. The first-order chi connectivity index (χ1) is 17.5. The van der Waals surface area contributed by atoms with E-state index in [1.165, 1.54) is 11.0 Å². The van der Waals surface area contributed by atoms with E-state index in [0.717, 1.165) is 12.1 Å². The lowest BCUT2D eigenvalue weighted by Gasteiger charge is -2.40. The minimum atomic E-state index is -4.54. The molecule has 0 saturated heterocycles. The maximum absolute atomic E-state index is 13.6. The van der Waals surface area contributed by atoms with Crippen LogP contribution in [0.25, 0.3) is 11.4 Å². The van der Waals surface area contributed by atoms with Gasteiger partial charge in [0, 0.05) is 6.04 Å². The van der Waals surface area contributed by atoms with E-state index in [1.54, 1.807) is 26.0 Å². The molecule has 12 heteroatoms. The Hall–Kier alpha value is -2.73. The third-order valence-electron chi connectivity index (χ3n) is 6.08. The number of amides is 1. The minimum Gasteiger partial charge on any atom is -0.449 e. The Bertz CT molecular complexity index is 1320. The van der Waals surface area contributed by atoms with Crippen molar-refractivity contribution < 1.29 is 22.7 Å². The highest BCUT2D eigenvalue weighted by molar-refractivity contribution is 9.10. The number of alkyl halides is 3. The molecule has 0 bridgehead atoms. The van der Waals surface area contributed by atoms with Crippen LogP contribution in [0.1, 0.15) is 49.6 Å². The van der Waals surface area contributed by atoms with Crippen molar-refractivity contribution in [3.8, 4) is 11.4 Å². The first kappa shape index (κ1) is 27.3. The number of hydrogen-bond donors (Lipinski definition) is 1. The van der Waals surface area contributed by atoms with E-state index in [9.17, 15) is 18.0 Å². The smallest absolute Gasteiger partial charge is 0.416 e. The number of pyridine rings is 1. The van der Waals surface area contributed by atoms with Gasteiger partial charge in [0.25, 0.3) is 0 Å². The first-order valence-electron chi connectivity index (χ1n) is 11.6. The highest BCUT2D eigenvalue weighted by atomic mass is 79.9. The van der Waals surface area contributed by atoms with Crippen LogP contribution in [0.5, 0.6) is 0 Å². The van der Waals surface area contributed by atoms with Crippen molar-refractivity contribution in [3.05, 3.63) is 62.3 Å². The summed E-state index contributed by atoms with van der Waals surface area (Å²) < 4.78 is 47.4. The molecule has 1 aromatic carbocycles. The number of nitrogens with one attached hydrogen (secondary N) is 1. The van der Waals surface area contributed by atoms with E-state index in [0.29, 0.717) is 50.3 Å². The minimum absolute atomic E-state index is 0.155. The van der Waals surface area contributed by atoms with Gasteiger partial charge in [-0.05, 0) is 94.4 Å². The van der Waals surface area contributed by atoms with Crippen LogP contribution >= 0.6 is 31.9 Å². The van der Waals surface area contributed by atoms with Crippen LogP contribution < -0.4 is 10.2 Å². The Labute approximate surface area is 229 Å². The van der Waals surface area contributed by atoms with Gasteiger partial charge < -0.3 is 10.1 Å². The number of benzene rings is 1. The number of aryl methyl sites for hydroxylation is 1. The Morgan fingerprint density at radius 1 is 1.16 bits per heavy atom. The zero-order chi connectivity index (χ0) is 26.9. The number of nitrogens with zero attached hydrogens (tertiary/aromatic N) is 4. The number of rotatable bonds is 5. The molecule has 3 heterocycles. The lowest BCUT2D eigenvalue weighted by molar-refractivity contribution is -0.137. The second-order valence-corrected chi connectivity index (χ2v) is 10.1. The average molecular weight is 643 g/mol. The molecule has 196 valence electrons. The SMILES string of the molecule is CCOC(=O)N1c2ccc(C(F)(F)F)cc2[C@@H](Nc2nc(C)c(Br)c(-c3cccc(Br)n3)n2)C[C@H]1CC. The van der Waals surface area contributed by atoms with Crippen LogP contribution in [0, 0.1) is 6.92 Å². The predicted molar refractivity (Wildman–Crippen MR) is 141 cm³/mol. The lowest BCUT2D eigenvalue weighted by atomic mass is 9.89. The van der Waals surface area contributed by atoms with E-state index >= 15 is 0 Å². The third kappa shape index (κ3) is 5.74. The maximum Gasteiger partial charge on any atom is 0.416 e. The van der Waals surface area contributed by atoms with Gasteiger partial charge in [0.1, 0.15) is 10.3 Å². The van der Waals surface area contributed by atoms with Crippen molar-refractivity contribution in [1.29, 1.82) is 0 Å². The highest BCUT2D eigenvalue weighted by Crippen LogP contribution is 2.43. The first-order valence-corrected chi connectivity index (χ1v) is 13.2. The van der Waals surface area contributed by atoms with Crippen LogP contribution in [0.3, 0.4) is 0 Å².